The maximum Gasteiger partial charge on any atom is 0.194 e. The maximum atomic E-state index is 13.0. The van der Waals surface area contributed by atoms with Crippen LogP contribution in [0, 0.1) is 20.8 Å². The van der Waals surface area contributed by atoms with Crippen LogP contribution >= 0.6 is 11.8 Å². The van der Waals surface area contributed by atoms with Crippen LogP contribution in [0.15, 0.2) is 35.2 Å². The van der Waals surface area contributed by atoms with E-state index < -0.39 is 0 Å². The molecule has 0 amide bonds. The number of carbonyl (C=O) groups is 2. The Hall–Kier alpha value is -1.87. The number of ketones is 2. The Balaban J connectivity index is 2.13. The van der Waals surface area contributed by atoms with Gasteiger partial charge in [-0.1, -0.05) is 18.2 Å². The second-order valence-electron chi connectivity index (χ2n) is 5.78. The summed E-state index contributed by atoms with van der Waals surface area (Å²) in [7, 11) is 0. The van der Waals surface area contributed by atoms with Gasteiger partial charge in [-0.25, -0.2) is 0 Å². The SMILES string of the molecule is Cc1cc(C)c(C(=O)c2cccc3c2SCCC3=O)cc1C. The molecule has 0 N–H and O–H groups in total. The Labute approximate surface area is 134 Å². The molecule has 22 heavy (non-hydrogen) atoms. The molecule has 2 aromatic rings. The molecular weight excluding hydrogens is 292 g/mol. The van der Waals surface area contributed by atoms with Crippen molar-refractivity contribution in [3.8, 4) is 0 Å². The van der Waals surface area contributed by atoms with Crippen molar-refractivity contribution >= 4 is 23.3 Å². The second kappa shape index (κ2) is 5.73. The number of aryl methyl sites for hydroxylation is 3. The van der Waals surface area contributed by atoms with Crippen molar-refractivity contribution in [3.63, 3.8) is 0 Å². The van der Waals surface area contributed by atoms with Gasteiger partial charge < -0.3 is 0 Å². The Kier molecular flexibility index (Phi) is 3.92. The zero-order valence-corrected chi connectivity index (χ0v) is 13.8. The van der Waals surface area contributed by atoms with E-state index >= 15 is 0 Å². The van der Waals surface area contributed by atoms with E-state index in [1.807, 2.05) is 38.1 Å². The molecule has 3 heteroatoms. The highest BCUT2D eigenvalue weighted by molar-refractivity contribution is 7.99. The van der Waals surface area contributed by atoms with Gasteiger partial charge in [-0.3, -0.25) is 9.59 Å². The molecule has 0 aromatic heterocycles. The van der Waals surface area contributed by atoms with Crippen LogP contribution in [0.25, 0.3) is 0 Å². The highest BCUT2D eigenvalue weighted by atomic mass is 32.2. The Morgan fingerprint density at radius 2 is 1.73 bits per heavy atom. The van der Waals surface area contributed by atoms with Crippen molar-refractivity contribution in [2.24, 2.45) is 0 Å². The van der Waals surface area contributed by atoms with Gasteiger partial charge >= 0.3 is 0 Å². The fraction of sp³-hybridized carbons (Fsp3) is 0.263. The Morgan fingerprint density at radius 3 is 2.50 bits per heavy atom. The third-order valence-electron chi connectivity index (χ3n) is 4.22. The summed E-state index contributed by atoms with van der Waals surface area (Å²) < 4.78 is 0. The van der Waals surface area contributed by atoms with Gasteiger partial charge in [0.25, 0.3) is 0 Å². The van der Waals surface area contributed by atoms with Crippen molar-refractivity contribution in [2.75, 3.05) is 5.75 Å². The zero-order chi connectivity index (χ0) is 15.9. The molecule has 0 bridgehead atoms. The molecule has 0 unspecified atom stereocenters. The second-order valence-corrected chi connectivity index (χ2v) is 6.89. The molecule has 0 saturated heterocycles. The van der Waals surface area contributed by atoms with Gasteiger partial charge in [0.2, 0.25) is 0 Å². The van der Waals surface area contributed by atoms with E-state index in [0.717, 1.165) is 27.3 Å². The van der Waals surface area contributed by atoms with Gasteiger partial charge in [-0.05, 0) is 49.6 Å². The van der Waals surface area contributed by atoms with E-state index in [2.05, 4.69) is 13.0 Å². The van der Waals surface area contributed by atoms with Gasteiger partial charge in [-0.15, -0.1) is 11.8 Å². The molecule has 112 valence electrons. The number of rotatable bonds is 2. The molecule has 0 radical (unpaired) electrons. The maximum absolute atomic E-state index is 13.0. The fourth-order valence-corrected chi connectivity index (χ4v) is 3.97. The van der Waals surface area contributed by atoms with Gasteiger partial charge in [0.15, 0.2) is 11.6 Å². The first-order valence-corrected chi connectivity index (χ1v) is 8.39. The number of carbonyl (C=O) groups excluding carboxylic acids is 2. The van der Waals surface area contributed by atoms with Crippen molar-refractivity contribution in [1.82, 2.24) is 0 Å². The molecule has 0 spiro atoms. The highest BCUT2D eigenvalue weighted by Crippen LogP contribution is 2.34. The number of hydrogen-bond donors (Lipinski definition) is 0. The molecule has 3 rings (SSSR count). The minimum atomic E-state index is 0.0136. The van der Waals surface area contributed by atoms with E-state index in [4.69, 9.17) is 0 Å². The van der Waals surface area contributed by atoms with Crippen molar-refractivity contribution in [3.05, 3.63) is 63.7 Å². The Bertz CT molecular complexity index is 790. The molecule has 0 aliphatic carbocycles. The molecular formula is C19H18O2S. The largest absolute Gasteiger partial charge is 0.294 e. The third kappa shape index (κ3) is 2.50. The van der Waals surface area contributed by atoms with Crippen LogP contribution in [-0.2, 0) is 0 Å². The average molecular weight is 310 g/mol. The number of fused-ring (bicyclic) bond motifs is 1. The van der Waals surface area contributed by atoms with Crippen LogP contribution in [0.2, 0.25) is 0 Å². The Morgan fingerprint density at radius 1 is 1.00 bits per heavy atom. The smallest absolute Gasteiger partial charge is 0.194 e. The number of Topliss-reactive ketones (excluding diaryl/α,β-unsaturated/α-hetero) is 1. The average Bonchev–Trinajstić information content (AvgIpc) is 2.50. The summed E-state index contributed by atoms with van der Waals surface area (Å²) in [6.07, 6.45) is 0.554. The van der Waals surface area contributed by atoms with Gasteiger partial charge in [-0.2, -0.15) is 0 Å². The lowest BCUT2D eigenvalue weighted by molar-refractivity contribution is 0.0984. The predicted octanol–water partition coefficient (Wildman–Crippen LogP) is 4.52. The van der Waals surface area contributed by atoms with Crippen LogP contribution in [0.5, 0.6) is 0 Å². The fourth-order valence-electron chi connectivity index (χ4n) is 2.82. The van der Waals surface area contributed by atoms with E-state index in [0.29, 0.717) is 17.5 Å². The summed E-state index contributed by atoms with van der Waals surface area (Å²) in [4.78, 5) is 25.9. The topological polar surface area (TPSA) is 34.1 Å². The molecule has 2 aromatic carbocycles. The monoisotopic (exact) mass is 310 g/mol. The highest BCUT2D eigenvalue weighted by Gasteiger charge is 2.24. The van der Waals surface area contributed by atoms with Crippen LogP contribution in [0.4, 0.5) is 0 Å². The van der Waals surface area contributed by atoms with Crippen molar-refractivity contribution < 1.29 is 9.59 Å². The normalized spacial score (nSPS) is 13.9. The van der Waals surface area contributed by atoms with Crippen LogP contribution in [0.3, 0.4) is 0 Å². The number of thioether (sulfide) groups is 1. The lowest BCUT2D eigenvalue weighted by Crippen LogP contribution is -2.13. The molecule has 2 nitrogen and oxygen atoms in total. The van der Waals surface area contributed by atoms with Crippen LogP contribution in [-0.4, -0.2) is 17.3 Å². The minimum Gasteiger partial charge on any atom is -0.294 e. The first kappa shape index (κ1) is 15.0. The first-order valence-electron chi connectivity index (χ1n) is 7.40. The summed E-state index contributed by atoms with van der Waals surface area (Å²) in [6, 6.07) is 9.49. The van der Waals surface area contributed by atoms with E-state index in [1.165, 1.54) is 5.56 Å². The standard InChI is InChI=1S/C19H18O2S/c1-11-9-13(3)16(10-12(11)2)18(21)15-6-4-5-14-17(20)7-8-22-19(14)15/h4-6,9-10H,7-8H2,1-3H3. The molecule has 1 aliphatic rings. The van der Waals surface area contributed by atoms with Gasteiger partial charge in [0, 0.05) is 33.8 Å². The van der Waals surface area contributed by atoms with Gasteiger partial charge in [0.1, 0.15) is 0 Å². The number of benzene rings is 2. The number of hydrogen-bond acceptors (Lipinski definition) is 3. The van der Waals surface area contributed by atoms with Crippen LogP contribution < -0.4 is 0 Å². The van der Waals surface area contributed by atoms with Crippen molar-refractivity contribution in [1.29, 1.82) is 0 Å². The van der Waals surface area contributed by atoms with Crippen LogP contribution in [0.1, 0.15) is 49.4 Å². The molecule has 0 fully saturated rings. The zero-order valence-electron chi connectivity index (χ0n) is 13.0. The quantitative estimate of drug-likeness (QED) is 0.765. The summed E-state index contributed by atoms with van der Waals surface area (Å²) in [5.41, 5.74) is 5.37. The van der Waals surface area contributed by atoms with E-state index in [1.54, 1.807) is 11.8 Å². The van der Waals surface area contributed by atoms with E-state index in [-0.39, 0.29) is 11.6 Å². The molecule has 1 aliphatic heterocycles. The summed E-state index contributed by atoms with van der Waals surface area (Å²) in [6.45, 7) is 6.03. The molecule has 0 atom stereocenters. The lowest BCUT2D eigenvalue weighted by atomic mass is 9.93. The van der Waals surface area contributed by atoms with Gasteiger partial charge in [0.05, 0.1) is 0 Å². The van der Waals surface area contributed by atoms with Crippen molar-refractivity contribution in [2.45, 2.75) is 32.1 Å². The predicted molar refractivity (Wildman–Crippen MR) is 90.2 cm³/mol. The summed E-state index contributed by atoms with van der Waals surface area (Å²) in [5.74, 6) is 0.905. The first-order chi connectivity index (χ1) is 10.5. The lowest BCUT2D eigenvalue weighted by Gasteiger charge is -2.18. The third-order valence-corrected chi connectivity index (χ3v) is 5.36. The molecule has 0 saturated carbocycles. The summed E-state index contributed by atoms with van der Waals surface area (Å²) >= 11 is 1.61. The summed E-state index contributed by atoms with van der Waals surface area (Å²) in [5, 5.41) is 0. The minimum absolute atomic E-state index is 0.0136. The van der Waals surface area contributed by atoms with E-state index in [9.17, 15) is 9.59 Å². The molecule has 1 heterocycles.